The fourth-order valence-corrected chi connectivity index (χ4v) is 4.98. The molecule has 0 saturated carbocycles. The summed E-state index contributed by atoms with van der Waals surface area (Å²) in [4.78, 5) is 2.78. The summed E-state index contributed by atoms with van der Waals surface area (Å²) in [5.74, 6) is 2.85. The topological polar surface area (TPSA) is 25.8 Å². The van der Waals surface area contributed by atoms with Gasteiger partial charge in [0.05, 0.1) is 10.8 Å². The summed E-state index contributed by atoms with van der Waals surface area (Å²) in [6, 6.07) is 2.27. The van der Waals surface area contributed by atoms with Crippen LogP contribution in [0.4, 0.5) is 0 Å². The Kier molecular flexibility index (Phi) is 3.20. The summed E-state index contributed by atoms with van der Waals surface area (Å²) in [5, 5.41) is 10.2. The van der Waals surface area contributed by atoms with Gasteiger partial charge in [-0.3, -0.25) is 0 Å². The maximum atomic E-state index is 5.74. The Labute approximate surface area is 111 Å². The SMILES string of the molecule is ClCc1nnc(-c2cc3c(s2)CCSC3)s1. The van der Waals surface area contributed by atoms with E-state index in [1.165, 1.54) is 27.5 Å². The zero-order valence-corrected chi connectivity index (χ0v) is 11.6. The van der Waals surface area contributed by atoms with Crippen molar-refractivity contribution in [1.29, 1.82) is 0 Å². The van der Waals surface area contributed by atoms with E-state index >= 15 is 0 Å². The van der Waals surface area contributed by atoms with Crippen molar-refractivity contribution in [3.05, 3.63) is 21.5 Å². The van der Waals surface area contributed by atoms with Gasteiger partial charge in [-0.1, -0.05) is 11.3 Å². The average Bonchev–Trinajstić information content (AvgIpc) is 2.95. The molecule has 0 atom stereocenters. The van der Waals surface area contributed by atoms with Crippen LogP contribution in [-0.4, -0.2) is 16.0 Å². The molecule has 2 aromatic heterocycles. The standard InChI is InChI=1S/C10H9ClN2S3/c11-4-9-12-13-10(16-9)8-3-6-5-14-2-1-7(6)15-8/h3H,1-2,4-5H2. The van der Waals surface area contributed by atoms with Crippen LogP contribution in [0.25, 0.3) is 9.88 Å². The van der Waals surface area contributed by atoms with Gasteiger partial charge in [-0.25, -0.2) is 0 Å². The molecule has 6 heteroatoms. The molecule has 0 fully saturated rings. The molecule has 16 heavy (non-hydrogen) atoms. The molecule has 3 rings (SSSR count). The molecule has 2 nitrogen and oxygen atoms in total. The number of hydrogen-bond acceptors (Lipinski definition) is 5. The lowest BCUT2D eigenvalue weighted by Gasteiger charge is -2.08. The third-order valence-corrected chi connectivity index (χ3v) is 6.17. The Morgan fingerprint density at radius 1 is 1.31 bits per heavy atom. The Morgan fingerprint density at radius 2 is 2.25 bits per heavy atom. The number of aromatic nitrogens is 2. The number of aryl methyl sites for hydroxylation is 1. The van der Waals surface area contributed by atoms with E-state index in [2.05, 4.69) is 16.3 Å². The minimum Gasteiger partial charge on any atom is -0.157 e. The summed E-state index contributed by atoms with van der Waals surface area (Å²) in [5.41, 5.74) is 1.49. The number of fused-ring (bicyclic) bond motifs is 1. The highest BCUT2D eigenvalue weighted by Gasteiger charge is 2.16. The van der Waals surface area contributed by atoms with Crippen molar-refractivity contribution >= 4 is 46.0 Å². The second-order valence-electron chi connectivity index (χ2n) is 3.50. The fourth-order valence-electron chi connectivity index (χ4n) is 1.66. The molecular formula is C10H9ClN2S3. The van der Waals surface area contributed by atoms with Crippen molar-refractivity contribution < 1.29 is 0 Å². The van der Waals surface area contributed by atoms with Gasteiger partial charge >= 0.3 is 0 Å². The molecule has 0 radical (unpaired) electrons. The van der Waals surface area contributed by atoms with Gasteiger partial charge in [-0.05, 0) is 23.8 Å². The van der Waals surface area contributed by atoms with Crippen molar-refractivity contribution in [2.45, 2.75) is 18.1 Å². The number of thiophene rings is 1. The van der Waals surface area contributed by atoms with E-state index in [1.807, 2.05) is 23.1 Å². The number of nitrogens with zero attached hydrogens (tertiary/aromatic N) is 2. The lowest BCUT2D eigenvalue weighted by atomic mass is 10.2. The van der Waals surface area contributed by atoms with Gasteiger partial charge < -0.3 is 0 Å². The Balaban J connectivity index is 1.96. The molecule has 0 spiro atoms. The van der Waals surface area contributed by atoms with Crippen molar-refractivity contribution in [3.8, 4) is 9.88 Å². The first-order valence-corrected chi connectivity index (χ1v) is 8.27. The highest BCUT2D eigenvalue weighted by molar-refractivity contribution is 7.98. The van der Waals surface area contributed by atoms with Crippen molar-refractivity contribution in [1.82, 2.24) is 10.2 Å². The summed E-state index contributed by atoms with van der Waals surface area (Å²) >= 11 is 11.2. The number of alkyl halides is 1. The molecule has 0 aromatic carbocycles. The zero-order valence-electron chi connectivity index (χ0n) is 8.40. The summed E-state index contributed by atoms with van der Waals surface area (Å²) in [6.07, 6.45) is 1.20. The van der Waals surface area contributed by atoms with Crippen LogP contribution in [0.5, 0.6) is 0 Å². The second-order valence-corrected chi connectivity index (χ2v) is 7.07. The molecule has 0 amide bonds. The maximum absolute atomic E-state index is 5.74. The van der Waals surface area contributed by atoms with Crippen molar-refractivity contribution in [2.24, 2.45) is 0 Å². The largest absolute Gasteiger partial charge is 0.157 e. The van der Waals surface area contributed by atoms with E-state index in [1.54, 1.807) is 11.3 Å². The van der Waals surface area contributed by atoms with E-state index in [0.29, 0.717) is 5.88 Å². The minimum absolute atomic E-state index is 0.457. The zero-order chi connectivity index (χ0) is 11.0. The molecular weight excluding hydrogens is 280 g/mol. The van der Waals surface area contributed by atoms with Gasteiger partial charge in [0.25, 0.3) is 0 Å². The summed E-state index contributed by atoms with van der Waals surface area (Å²) < 4.78 is 0. The molecule has 0 N–H and O–H groups in total. The number of rotatable bonds is 2. The van der Waals surface area contributed by atoms with E-state index < -0.39 is 0 Å². The summed E-state index contributed by atoms with van der Waals surface area (Å²) in [6.45, 7) is 0. The predicted octanol–water partition coefficient (Wildman–Crippen LogP) is 3.79. The maximum Gasteiger partial charge on any atom is 0.157 e. The van der Waals surface area contributed by atoms with E-state index in [0.717, 1.165) is 15.8 Å². The first-order chi connectivity index (χ1) is 7.86. The highest BCUT2D eigenvalue weighted by Crippen LogP contribution is 2.37. The lowest BCUT2D eigenvalue weighted by molar-refractivity contribution is 1.04. The van der Waals surface area contributed by atoms with Crippen LogP contribution in [-0.2, 0) is 18.1 Å². The molecule has 1 aliphatic rings. The van der Waals surface area contributed by atoms with Gasteiger partial charge in [-0.15, -0.1) is 33.1 Å². The third-order valence-electron chi connectivity index (χ3n) is 2.42. The first kappa shape index (κ1) is 11.0. The van der Waals surface area contributed by atoms with Crippen LogP contribution in [0.1, 0.15) is 15.4 Å². The molecule has 2 aromatic rings. The molecule has 3 heterocycles. The van der Waals surface area contributed by atoms with Gasteiger partial charge in [0.2, 0.25) is 0 Å². The summed E-state index contributed by atoms with van der Waals surface area (Å²) in [7, 11) is 0. The van der Waals surface area contributed by atoms with Gasteiger partial charge in [0.15, 0.2) is 5.01 Å². The van der Waals surface area contributed by atoms with Crippen LogP contribution in [0.2, 0.25) is 0 Å². The van der Waals surface area contributed by atoms with E-state index in [-0.39, 0.29) is 0 Å². The van der Waals surface area contributed by atoms with Crippen LogP contribution < -0.4 is 0 Å². The fraction of sp³-hybridized carbons (Fsp3) is 0.400. The Bertz CT molecular complexity index is 482. The number of thioether (sulfide) groups is 1. The average molecular weight is 289 g/mol. The number of halogens is 1. The second kappa shape index (κ2) is 4.64. The monoisotopic (exact) mass is 288 g/mol. The Morgan fingerprint density at radius 3 is 3.00 bits per heavy atom. The minimum atomic E-state index is 0.457. The first-order valence-electron chi connectivity index (χ1n) is 4.95. The van der Waals surface area contributed by atoms with Gasteiger partial charge in [-0.2, -0.15) is 11.8 Å². The highest BCUT2D eigenvalue weighted by atomic mass is 35.5. The molecule has 0 unspecified atom stereocenters. The number of hydrogen-bond donors (Lipinski definition) is 0. The molecule has 0 bridgehead atoms. The molecule has 0 saturated heterocycles. The molecule has 84 valence electrons. The van der Waals surface area contributed by atoms with Gasteiger partial charge in [0.1, 0.15) is 5.01 Å². The van der Waals surface area contributed by atoms with Crippen LogP contribution >= 0.6 is 46.0 Å². The normalized spacial score (nSPS) is 15.1. The van der Waals surface area contributed by atoms with Crippen LogP contribution in [0.15, 0.2) is 6.07 Å². The quantitative estimate of drug-likeness (QED) is 0.786. The smallest absolute Gasteiger partial charge is 0.157 e. The van der Waals surface area contributed by atoms with Crippen LogP contribution in [0, 0.1) is 0 Å². The van der Waals surface area contributed by atoms with Crippen molar-refractivity contribution in [3.63, 3.8) is 0 Å². The lowest BCUT2D eigenvalue weighted by Crippen LogP contribution is -1.96. The molecule has 0 aliphatic carbocycles. The Hall–Kier alpha value is -0.100. The van der Waals surface area contributed by atoms with E-state index in [4.69, 9.17) is 11.6 Å². The van der Waals surface area contributed by atoms with Crippen LogP contribution in [0.3, 0.4) is 0 Å². The predicted molar refractivity (Wildman–Crippen MR) is 72.6 cm³/mol. The third kappa shape index (κ3) is 2.01. The van der Waals surface area contributed by atoms with Gasteiger partial charge in [0, 0.05) is 10.6 Å². The van der Waals surface area contributed by atoms with E-state index in [9.17, 15) is 0 Å². The molecule has 1 aliphatic heterocycles. The van der Waals surface area contributed by atoms with Crippen molar-refractivity contribution in [2.75, 3.05) is 5.75 Å².